The summed E-state index contributed by atoms with van der Waals surface area (Å²) in [4.78, 5) is 19.8. The number of carbonyl (C=O) groups excluding carboxylic acids is 1. The van der Waals surface area contributed by atoms with Gasteiger partial charge in [0.15, 0.2) is 5.78 Å². The first kappa shape index (κ1) is 21.7. The molecule has 2 unspecified atom stereocenters. The summed E-state index contributed by atoms with van der Waals surface area (Å²) in [5.41, 5.74) is 3.20. The summed E-state index contributed by atoms with van der Waals surface area (Å²) in [5, 5.41) is 0. The van der Waals surface area contributed by atoms with Gasteiger partial charge in [-0.05, 0) is 43.9 Å². The Balaban J connectivity index is 0.00000231. The largest absolute Gasteiger partial charge is 0.364 e. The van der Waals surface area contributed by atoms with Gasteiger partial charge in [0.05, 0.1) is 23.0 Å². The number of Topliss-reactive ketones (excluding diaryl/α,β-unsaturated/α-hetero) is 1. The first-order chi connectivity index (χ1) is 14.6. The molecule has 164 valence electrons. The maximum atomic E-state index is 12.8. The third-order valence-corrected chi connectivity index (χ3v) is 6.90. The van der Waals surface area contributed by atoms with Crippen molar-refractivity contribution in [2.75, 3.05) is 19.6 Å². The van der Waals surface area contributed by atoms with Crippen molar-refractivity contribution in [2.24, 2.45) is 0 Å². The van der Waals surface area contributed by atoms with Gasteiger partial charge >= 0.3 is 0 Å². The molecule has 3 aromatic rings. The lowest BCUT2D eigenvalue weighted by molar-refractivity contribution is -0.171. The van der Waals surface area contributed by atoms with Crippen molar-refractivity contribution in [1.29, 1.82) is 0 Å². The third-order valence-electron chi connectivity index (χ3n) is 6.90. The van der Waals surface area contributed by atoms with Gasteiger partial charge in [-0.15, -0.1) is 0 Å². The lowest BCUT2D eigenvalue weighted by Gasteiger charge is -2.47. The number of ketones is 1. The number of imidazole rings is 1. The number of aromatic nitrogens is 2. The van der Waals surface area contributed by atoms with Crippen LogP contribution in [0.3, 0.4) is 0 Å². The third kappa shape index (κ3) is 4.30. The second-order valence-corrected chi connectivity index (χ2v) is 8.78. The van der Waals surface area contributed by atoms with E-state index in [2.05, 4.69) is 44.8 Å². The molecule has 2 aliphatic heterocycles. The minimum Gasteiger partial charge on any atom is -0.364 e. The highest BCUT2D eigenvalue weighted by atomic mass is 16.5. The topological polar surface area (TPSA) is 47.4 Å². The molecule has 2 atom stereocenters. The van der Waals surface area contributed by atoms with Crippen LogP contribution in [0, 0.1) is 0 Å². The summed E-state index contributed by atoms with van der Waals surface area (Å²) in [6.45, 7) is 5.89. The number of ether oxygens (including phenoxy) is 1. The molecule has 0 radical (unpaired) electrons. The molecule has 0 aliphatic carbocycles. The molecule has 0 saturated carbocycles. The van der Waals surface area contributed by atoms with Gasteiger partial charge in [0.1, 0.15) is 6.10 Å². The summed E-state index contributed by atoms with van der Waals surface area (Å²) in [5.74, 6) is 0.181. The zero-order chi connectivity index (χ0) is 20.6. The zero-order valence-corrected chi connectivity index (χ0v) is 17.5. The van der Waals surface area contributed by atoms with Gasteiger partial charge in [-0.25, -0.2) is 4.98 Å². The standard InChI is InChI=1S/C25H29N3O2.CH4/c1-19-24(29)21(20-7-3-2-4-8-20)17-25(30-19)11-13-27(14-12-25)15-16-28-18-26-22-9-5-6-10-23(22)28;/h2-10,18-19,21H,11-17H2,1H3;1H4. The highest BCUT2D eigenvalue weighted by Gasteiger charge is 2.46. The summed E-state index contributed by atoms with van der Waals surface area (Å²) in [6.07, 6.45) is 4.39. The SMILES string of the molecule is C.CC1OC2(CCN(CCn3cnc4ccccc43)CC2)CC(c2ccccc2)C1=O. The number of para-hydroxylation sites is 2. The summed E-state index contributed by atoms with van der Waals surface area (Å²) in [6, 6.07) is 18.5. The Kier molecular flexibility index (Phi) is 6.26. The molecule has 2 fully saturated rings. The van der Waals surface area contributed by atoms with E-state index in [4.69, 9.17) is 4.74 Å². The lowest BCUT2D eigenvalue weighted by atomic mass is 9.75. The molecule has 5 nitrogen and oxygen atoms in total. The van der Waals surface area contributed by atoms with E-state index in [0.29, 0.717) is 0 Å². The number of piperidine rings is 1. The number of likely N-dealkylation sites (tertiary alicyclic amines) is 1. The van der Waals surface area contributed by atoms with Crippen molar-refractivity contribution in [2.45, 2.75) is 57.8 Å². The summed E-state index contributed by atoms with van der Waals surface area (Å²) < 4.78 is 8.58. The molecule has 2 aliphatic rings. The van der Waals surface area contributed by atoms with Crippen molar-refractivity contribution in [1.82, 2.24) is 14.5 Å². The van der Waals surface area contributed by atoms with E-state index >= 15 is 0 Å². The van der Waals surface area contributed by atoms with Crippen molar-refractivity contribution in [3.63, 3.8) is 0 Å². The van der Waals surface area contributed by atoms with Crippen molar-refractivity contribution >= 4 is 16.8 Å². The van der Waals surface area contributed by atoms with Gasteiger partial charge in [0.2, 0.25) is 0 Å². The normalized spacial score (nSPS) is 23.7. The molecule has 3 heterocycles. The van der Waals surface area contributed by atoms with Gasteiger partial charge < -0.3 is 14.2 Å². The predicted molar refractivity (Wildman–Crippen MR) is 124 cm³/mol. The Morgan fingerprint density at radius 3 is 2.52 bits per heavy atom. The molecular formula is C26H33N3O2. The average molecular weight is 420 g/mol. The number of fused-ring (bicyclic) bond motifs is 1. The molecule has 0 amide bonds. The molecule has 1 spiro atoms. The molecule has 0 bridgehead atoms. The number of rotatable bonds is 4. The molecule has 5 heteroatoms. The van der Waals surface area contributed by atoms with E-state index in [0.717, 1.165) is 56.5 Å². The van der Waals surface area contributed by atoms with Crippen LogP contribution in [-0.4, -0.2) is 51.6 Å². The van der Waals surface area contributed by atoms with Crippen LogP contribution in [0.25, 0.3) is 11.0 Å². The number of nitrogens with zero attached hydrogens (tertiary/aromatic N) is 3. The molecule has 0 N–H and O–H groups in total. The fraction of sp³-hybridized carbons (Fsp3) is 0.462. The van der Waals surface area contributed by atoms with Crippen LogP contribution in [0.4, 0.5) is 0 Å². The summed E-state index contributed by atoms with van der Waals surface area (Å²) in [7, 11) is 0. The Bertz CT molecular complexity index is 1020. The smallest absolute Gasteiger partial charge is 0.168 e. The highest BCUT2D eigenvalue weighted by Crippen LogP contribution is 2.42. The monoisotopic (exact) mass is 419 g/mol. The zero-order valence-electron chi connectivity index (χ0n) is 17.5. The molecule has 5 rings (SSSR count). The quantitative estimate of drug-likeness (QED) is 0.617. The summed E-state index contributed by atoms with van der Waals surface area (Å²) >= 11 is 0. The maximum Gasteiger partial charge on any atom is 0.168 e. The Morgan fingerprint density at radius 2 is 1.74 bits per heavy atom. The number of hydrogen-bond donors (Lipinski definition) is 0. The molecule has 31 heavy (non-hydrogen) atoms. The van der Waals surface area contributed by atoms with Crippen LogP contribution in [0.15, 0.2) is 60.9 Å². The Labute approximate surface area is 185 Å². The molecule has 2 aromatic carbocycles. The predicted octanol–water partition coefficient (Wildman–Crippen LogP) is 4.67. The van der Waals surface area contributed by atoms with Crippen LogP contribution in [0.1, 0.15) is 45.1 Å². The van der Waals surface area contributed by atoms with E-state index in [1.54, 1.807) is 0 Å². The van der Waals surface area contributed by atoms with Gasteiger partial charge in [0, 0.05) is 32.1 Å². The first-order valence-electron chi connectivity index (χ1n) is 11.0. The van der Waals surface area contributed by atoms with E-state index in [-0.39, 0.29) is 30.8 Å². The van der Waals surface area contributed by atoms with Crippen LogP contribution in [0.2, 0.25) is 0 Å². The number of hydrogen-bond acceptors (Lipinski definition) is 4. The minimum absolute atomic E-state index is 0. The van der Waals surface area contributed by atoms with E-state index in [9.17, 15) is 4.79 Å². The van der Waals surface area contributed by atoms with Crippen LogP contribution < -0.4 is 0 Å². The van der Waals surface area contributed by atoms with Gasteiger partial charge in [-0.2, -0.15) is 0 Å². The van der Waals surface area contributed by atoms with Crippen LogP contribution in [0.5, 0.6) is 0 Å². The van der Waals surface area contributed by atoms with Gasteiger partial charge in [-0.1, -0.05) is 49.9 Å². The second kappa shape index (κ2) is 8.93. The maximum absolute atomic E-state index is 12.8. The number of carbonyl (C=O) groups is 1. The van der Waals surface area contributed by atoms with E-state index in [1.165, 1.54) is 5.52 Å². The second-order valence-electron chi connectivity index (χ2n) is 8.78. The fourth-order valence-corrected chi connectivity index (χ4v) is 5.15. The molecular weight excluding hydrogens is 386 g/mol. The highest BCUT2D eigenvalue weighted by molar-refractivity contribution is 5.90. The lowest BCUT2D eigenvalue weighted by Crippen LogP contribution is -2.53. The molecule has 1 aromatic heterocycles. The van der Waals surface area contributed by atoms with Crippen LogP contribution in [-0.2, 0) is 16.1 Å². The minimum atomic E-state index is -0.326. The first-order valence-corrected chi connectivity index (χ1v) is 11.0. The average Bonchev–Trinajstić information content (AvgIpc) is 3.20. The molecule has 2 saturated heterocycles. The van der Waals surface area contributed by atoms with E-state index < -0.39 is 0 Å². The van der Waals surface area contributed by atoms with Gasteiger partial charge in [0.25, 0.3) is 0 Å². The Morgan fingerprint density at radius 1 is 1.03 bits per heavy atom. The fourth-order valence-electron chi connectivity index (χ4n) is 5.15. The Hall–Kier alpha value is -2.50. The van der Waals surface area contributed by atoms with Crippen molar-refractivity contribution in [3.8, 4) is 0 Å². The van der Waals surface area contributed by atoms with Crippen molar-refractivity contribution in [3.05, 3.63) is 66.5 Å². The van der Waals surface area contributed by atoms with E-state index in [1.807, 2.05) is 37.5 Å². The van der Waals surface area contributed by atoms with Gasteiger partial charge in [-0.3, -0.25) is 4.79 Å². The van der Waals surface area contributed by atoms with Crippen molar-refractivity contribution < 1.29 is 9.53 Å². The van der Waals surface area contributed by atoms with Crippen LogP contribution >= 0.6 is 0 Å². The number of benzene rings is 2.